The molecule has 27 heavy (non-hydrogen) atoms. The van der Waals surface area contributed by atoms with Crippen LogP contribution in [0.1, 0.15) is 22.3 Å². The highest BCUT2D eigenvalue weighted by atomic mass is 79.9. The Morgan fingerprint density at radius 2 is 1.15 bits per heavy atom. The highest BCUT2D eigenvalue weighted by molar-refractivity contribution is 9.10. The van der Waals surface area contributed by atoms with Crippen LogP contribution in [0.4, 0.5) is 0 Å². The standard InChI is InChI=1S/C25H14BrCl/c26-15-9-12-23-20(13-15)19-11-10-16(27)14-24(19)25(23)21-7-3-1-5-17(21)18-6-2-4-8-22(18)25/h1-14H. The normalized spacial score (nSPS) is 14.6. The smallest absolute Gasteiger partial charge is 0.0726 e. The first-order valence-corrected chi connectivity index (χ1v) is 10.2. The van der Waals surface area contributed by atoms with E-state index in [2.05, 4.69) is 94.8 Å². The molecule has 128 valence electrons. The van der Waals surface area contributed by atoms with Crippen molar-refractivity contribution in [2.45, 2.75) is 5.41 Å². The Morgan fingerprint density at radius 3 is 1.85 bits per heavy atom. The van der Waals surface area contributed by atoms with E-state index in [0.717, 1.165) is 9.50 Å². The first-order chi connectivity index (χ1) is 13.2. The summed E-state index contributed by atoms with van der Waals surface area (Å²) in [7, 11) is 0. The zero-order valence-electron chi connectivity index (χ0n) is 14.3. The van der Waals surface area contributed by atoms with Gasteiger partial charge in [0.1, 0.15) is 0 Å². The van der Waals surface area contributed by atoms with Crippen molar-refractivity contribution < 1.29 is 0 Å². The average molecular weight is 430 g/mol. The predicted octanol–water partition coefficient (Wildman–Crippen LogP) is 7.45. The molecule has 0 saturated carbocycles. The molecular formula is C25H14BrCl. The van der Waals surface area contributed by atoms with E-state index in [0.29, 0.717) is 0 Å². The van der Waals surface area contributed by atoms with Gasteiger partial charge in [0.05, 0.1) is 5.41 Å². The Hall–Kier alpha value is -2.35. The maximum Gasteiger partial charge on any atom is 0.0726 e. The SMILES string of the molecule is Clc1ccc2c(c1)C1(c3ccccc3-c3ccccc31)c1ccc(Br)cc1-2. The van der Waals surface area contributed by atoms with Crippen molar-refractivity contribution in [2.24, 2.45) is 0 Å². The van der Waals surface area contributed by atoms with Gasteiger partial charge in [0, 0.05) is 9.50 Å². The molecule has 4 aromatic rings. The maximum absolute atomic E-state index is 6.50. The van der Waals surface area contributed by atoms with E-state index in [1.165, 1.54) is 44.5 Å². The summed E-state index contributed by atoms with van der Waals surface area (Å²) in [4.78, 5) is 0. The molecule has 4 aromatic carbocycles. The fourth-order valence-electron chi connectivity index (χ4n) is 5.09. The quantitative estimate of drug-likeness (QED) is 0.235. The number of hydrogen-bond donors (Lipinski definition) is 0. The number of fused-ring (bicyclic) bond motifs is 10. The molecular weight excluding hydrogens is 416 g/mol. The second kappa shape index (κ2) is 5.34. The van der Waals surface area contributed by atoms with Crippen molar-refractivity contribution in [1.29, 1.82) is 0 Å². The van der Waals surface area contributed by atoms with E-state index in [4.69, 9.17) is 11.6 Å². The van der Waals surface area contributed by atoms with Gasteiger partial charge in [-0.15, -0.1) is 0 Å². The molecule has 2 aliphatic rings. The minimum Gasteiger partial charge on any atom is -0.0843 e. The fraction of sp³-hybridized carbons (Fsp3) is 0.0400. The average Bonchev–Trinajstić information content (AvgIpc) is 3.14. The lowest BCUT2D eigenvalue weighted by Gasteiger charge is -2.30. The van der Waals surface area contributed by atoms with Crippen molar-refractivity contribution in [1.82, 2.24) is 0 Å². The first-order valence-electron chi connectivity index (χ1n) is 9.01. The third-order valence-corrected chi connectivity index (χ3v) is 6.74. The van der Waals surface area contributed by atoms with Gasteiger partial charge in [-0.1, -0.05) is 88.2 Å². The van der Waals surface area contributed by atoms with Gasteiger partial charge in [0.2, 0.25) is 0 Å². The highest BCUT2D eigenvalue weighted by Gasteiger charge is 2.51. The summed E-state index contributed by atoms with van der Waals surface area (Å²) in [6, 6.07) is 30.6. The summed E-state index contributed by atoms with van der Waals surface area (Å²) in [6.07, 6.45) is 0. The van der Waals surface area contributed by atoms with E-state index in [9.17, 15) is 0 Å². The summed E-state index contributed by atoms with van der Waals surface area (Å²) in [6.45, 7) is 0. The number of benzene rings is 4. The summed E-state index contributed by atoms with van der Waals surface area (Å²) in [5.74, 6) is 0. The van der Waals surface area contributed by atoms with E-state index in [1.807, 2.05) is 6.07 Å². The third-order valence-electron chi connectivity index (χ3n) is 6.01. The van der Waals surface area contributed by atoms with Crippen LogP contribution in [0.2, 0.25) is 5.02 Å². The largest absolute Gasteiger partial charge is 0.0843 e. The van der Waals surface area contributed by atoms with Gasteiger partial charge in [0.25, 0.3) is 0 Å². The first kappa shape index (κ1) is 15.7. The highest BCUT2D eigenvalue weighted by Crippen LogP contribution is 2.63. The van der Waals surface area contributed by atoms with Gasteiger partial charge in [0.15, 0.2) is 0 Å². The molecule has 0 aliphatic heterocycles. The lowest BCUT2D eigenvalue weighted by atomic mass is 9.70. The molecule has 0 nitrogen and oxygen atoms in total. The molecule has 2 heteroatoms. The van der Waals surface area contributed by atoms with Crippen LogP contribution in [0.25, 0.3) is 22.3 Å². The van der Waals surface area contributed by atoms with Gasteiger partial charge < -0.3 is 0 Å². The van der Waals surface area contributed by atoms with Crippen LogP contribution in [0, 0.1) is 0 Å². The molecule has 0 unspecified atom stereocenters. The summed E-state index contributed by atoms with van der Waals surface area (Å²) >= 11 is 10.2. The zero-order chi connectivity index (χ0) is 18.2. The Labute approximate surface area is 171 Å². The van der Waals surface area contributed by atoms with Crippen molar-refractivity contribution in [3.05, 3.63) is 117 Å². The molecule has 0 N–H and O–H groups in total. The van der Waals surface area contributed by atoms with Crippen LogP contribution in [0.3, 0.4) is 0 Å². The van der Waals surface area contributed by atoms with Gasteiger partial charge in [-0.2, -0.15) is 0 Å². The van der Waals surface area contributed by atoms with Crippen LogP contribution in [-0.2, 0) is 5.41 Å². The summed E-state index contributed by atoms with van der Waals surface area (Å²) < 4.78 is 1.10. The molecule has 0 fully saturated rings. The topological polar surface area (TPSA) is 0 Å². The molecule has 0 amide bonds. The molecule has 0 saturated heterocycles. The Balaban J connectivity index is 1.87. The van der Waals surface area contributed by atoms with Gasteiger partial charge >= 0.3 is 0 Å². The molecule has 0 atom stereocenters. The van der Waals surface area contributed by atoms with Crippen molar-refractivity contribution in [3.63, 3.8) is 0 Å². The zero-order valence-corrected chi connectivity index (χ0v) is 16.7. The Bertz CT molecular complexity index is 1210. The molecule has 6 rings (SSSR count). The maximum atomic E-state index is 6.50. The number of rotatable bonds is 0. The molecule has 0 heterocycles. The van der Waals surface area contributed by atoms with E-state index in [1.54, 1.807) is 0 Å². The van der Waals surface area contributed by atoms with E-state index in [-0.39, 0.29) is 5.41 Å². The number of hydrogen-bond acceptors (Lipinski definition) is 0. The van der Waals surface area contributed by atoms with Crippen molar-refractivity contribution in [2.75, 3.05) is 0 Å². The van der Waals surface area contributed by atoms with Crippen molar-refractivity contribution >= 4 is 27.5 Å². The monoisotopic (exact) mass is 428 g/mol. The van der Waals surface area contributed by atoms with Crippen molar-refractivity contribution in [3.8, 4) is 22.3 Å². The third kappa shape index (κ3) is 1.84. The van der Waals surface area contributed by atoms with E-state index < -0.39 is 0 Å². The molecule has 0 bridgehead atoms. The predicted molar refractivity (Wildman–Crippen MR) is 115 cm³/mol. The van der Waals surface area contributed by atoms with Crippen LogP contribution >= 0.6 is 27.5 Å². The van der Waals surface area contributed by atoms with Gasteiger partial charge in [-0.25, -0.2) is 0 Å². The van der Waals surface area contributed by atoms with Gasteiger partial charge in [-0.3, -0.25) is 0 Å². The van der Waals surface area contributed by atoms with Gasteiger partial charge in [-0.05, 0) is 68.8 Å². The second-order valence-corrected chi connectivity index (χ2v) is 8.57. The fourth-order valence-corrected chi connectivity index (χ4v) is 5.62. The minimum atomic E-state index is -0.302. The lowest BCUT2D eigenvalue weighted by Crippen LogP contribution is -2.25. The number of halogens is 2. The van der Waals surface area contributed by atoms with Crippen LogP contribution in [0.15, 0.2) is 89.4 Å². The lowest BCUT2D eigenvalue weighted by molar-refractivity contribution is 0.793. The molecule has 0 aromatic heterocycles. The summed E-state index contributed by atoms with van der Waals surface area (Å²) in [5, 5.41) is 0.779. The molecule has 2 aliphatic carbocycles. The van der Waals surface area contributed by atoms with E-state index >= 15 is 0 Å². The second-order valence-electron chi connectivity index (χ2n) is 7.22. The van der Waals surface area contributed by atoms with Crippen LogP contribution in [0.5, 0.6) is 0 Å². The molecule has 1 spiro atoms. The minimum absolute atomic E-state index is 0.302. The molecule has 0 radical (unpaired) electrons. The Kier molecular flexibility index (Phi) is 3.10. The van der Waals surface area contributed by atoms with Crippen LogP contribution < -0.4 is 0 Å². The van der Waals surface area contributed by atoms with Crippen LogP contribution in [-0.4, -0.2) is 0 Å². The Morgan fingerprint density at radius 1 is 0.556 bits per heavy atom. The summed E-state index contributed by atoms with van der Waals surface area (Å²) in [5.41, 5.74) is 10.2.